The van der Waals surface area contributed by atoms with E-state index in [1.165, 1.54) is 17.7 Å². The fourth-order valence-corrected chi connectivity index (χ4v) is 3.07. The molecule has 0 saturated heterocycles. The molecule has 1 aliphatic heterocycles. The van der Waals surface area contributed by atoms with E-state index < -0.39 is 0 Å². The summed E-state index contributed by atoms with van der Waals surface area (Å²) in [5, 5.41) is 0. The lowest BCUT2D eigenvalue weighted by Gasteiger charge is -2.10. The number of fused-ring (bicyclic) bond motifs is 1. The average molecular weight is 185 g/mol. The molecule has 3 unspecified atom stereocenters. The molecule has 1 heterocycles. The molecule has 0 N–H and O–H groups in total. The molecule has 0 amide bonds. The van der Waals surface area contributed by atoms with Crippen molar-refractivity contribution in [2.24, 2.45) is 16.8 Å². The molecule has 1 fully saturated rings. The lowest BCUT2D eigenvalue weighted by molar-refractivity contribution is 0.664. The first kappa shape index (κ1) is 8.22. The van der Waals surface area contributed by atoms with Crippen LogP contribution in [0, 0.1) is 11.8 Å². The van der Waals surface area contributed by atoms with Gasteiger partial charge in [0.1, 0.15) is 0 Å². The molecular weight excluding hydrogens is 170 g/mol. The highest BCUT2D eigenvalue weighted by atomic mass is 15.0. The number of benzene rings is 1. The van der Waals surface area contributed by atoms with Gasteiger partial charge in [0, 0.05) is 5.71 Å². The SMILES string of the molecule is CC1=NC2(c3ccccc3)C(C)C2C1. The molecule has 1 nitrogen and oxygen atoms in total. The summed E-state index contributed by atoms with van der Waals surface area (Å²) >= 11 is 0. The minimum absolute atomic E-state index is 0.172. The summed E-state index contributed by atoms with van der Waals surface area (Å²) in [6, 6.07) is 10.8. The van der Waals surface area contributed by atoms with Gasteiger partial charge in [-0.15, -0.1) is 0 Å². The molecule has 1 saturated carbocycles. The maximum absolute atomic E-state index is 4.86. The molecule has 0 radical (unpaired) electrons. The molecule has 0 spiro atoms. The van der Waals surface area contributed by atoms with Crippen molar-refractivity contribution in [3.8, 4) is 0 Å². The summed E-state index contributed by atoms with van der Waals surface area (Å²) in [4.78, 5) is 4.86. The summed E-state index contributed by atoms with van der Waals surface area (Å²) in [6.45, 7) is 4.48. The zero-order valence-corrected chi connectivity index (χ0v) is 8.70. The van der Waals surface area contributed by atoms with E-state index in [0.29, 0.717) is 0 Å². The van der Waals surface area contributed by atoms with Crippen molar-refractivity contribution in [2.45, 2.75) is 25.8 Å². The van der Waals surface area contributed by atoms with Gasteiger partial charge < -0.3 is 0 Å². The van der Waals surface area contributed by atoms with Crippen molar-refractivity contribution in [2.75, 3.05) is 0 Å². The van der Waals surface area contributed by atoms with E-state index >= 15 is 0 Å². The molecule has 3 atom stereocenters. The van der Waals surface area contributed by atoms with Gasteiger partial charge in [0.05, 0.1) is 5.54 Å². The molecule has 14 heavy (non-hydrogen) atoms. The number of nitrogens with zero attached hydrogens (tertiary/aromatic N) is 1. The summed E-state index contributed by atoms with van der Waals surface area (Å²) in [5.74, 6) is 1.53. The lowest BCUT2D eigenvalue weighted by Crippen LogP contribution is -2.05. The first-order valence-corrected chi connectivity index (χ1v) is 5.36. The molecule has 0 aromatic heterocycles. The Morgan fingerprint density at radius 2 is 2.00 bits per heavy atom. The third-order valence-corrected chi connectivity index (χ3v) is 3.88. The van der Waals surface area contributed by atoms with E-state index in [1.807, 2.05) is 0 Å². The summed E-state index contributed by atoms with van der Waals surface area (Å²) in [5.41, 5.74) is 2.91. The summed E-state index contributed by atoms with van der Waals surface area (Å²) < 4.78 is 0. The molecule has 1 aromatic carbocycles. The van der Waals surface area contributed by atoms with Crippen molar-refractivity contribution in [3.63, 3.8) is 0 Å². The average Bonchev–Trinajstić information content (AvgIpc) is 2.61. The molecule has 3 rings (SSSR count). The normalized spacial score (nSPS) is 39.1. The number of hydrogen-bond donors (Lipinski definition) is 0. The zero-order chi connectivity index (χ0) is 9.76. The van der Waals surface area contributed by atoms with Crippen LogP contribution in [0.2, 0.25) is 0 Å². The van der Waals surface area contributed by atoms with Gasteiger partial charge in [0.15, 0.2) is 0 Å². The van der Waals surface area contributed by atoms with Crippen molar-refractivity contribution < 1.29 is 0 Å². The quantitative estimate of drug-likeness (QED) is 0.637. The first-order valence-electron chi connectivity index (χ1n) is 5.36. The second-order valence-electron chi connectivity index (χ2n) is 4.64. The van der Waals surface area contributed by atoms with Crippen LogP contribution < -0.4 is 0 Å². The van der Waals surface area contributed by atoms with Gasteiger partial charge in [-0.3, -0.25) is 4.99 Å². The summed E-state index contributed by atoms with van der Waals surface area (Å²) in [6.07, 6.45) is 1.20. The van der Waals surface area contributed by atoms with Gasteiger partial charge in [-0.25, -0.2) is 0 Å². The van der Waals surface area contributed by atoms with Crippen LogP contribution in [0.4, 0.5) is 0 Å². The second-order valence-corrected chi connectivity index (χ2v) is 4.64. The van der Waals surface area contributed by atoms with E-state index in [9.17, 15) is 0 Å². The minimum Gasteiger partial charge on any atom is -0.282 e. The Morgan fingerprint density at radius 3 is 2.64 bits per heavy atom. The van der Waals surface area contributed by atoms with Gasteiger partial charge >= 0.3 is 0 Å². The van der Waals surface area contributed by atoms with Crippen molar-refractivity contribution in [1.29, 1.82) is 0 Å². The fraction of sp³-hybridized carbons (Fsp3) is 0.462. The molecule has 2 aliphatic rings. The highest BCUT2D eigenvalue weighted by Crippen LogP contribution is 2.65. The van der Waals surface area contributed by atoms with Crippen LogP contribution in [0.3, 0.4) is 0 Å². The van der Waals surface area contributed by atoms with E-state index in [0.717, 1.165) is 11.8 Å². The predicted molar refractivity (Wildman–Crippen MR) is 58.5 cm³/mol. The molecule has 1 heteroatoms. The van der Waals surface area contributed by atoms with Crippen molar-refractivity contribution >= 4 is 5.71 Å². The van der Waals surface area contributed by atoms with E-state index in [-0.39, 0.29) is 5.54 Å². The minimum atomic E-state index is 0.172. The third kappa shape index (κ3) is 0.827. The first-order chi connectivity index (χ1) is 6.75. The van der Waals surface area contributed by atoms with E-state index in [1.54, 1.807) is 0 Å². The smallest absolute Gasteiger partial charge is 0.0920 e. The van der Waals surface area contributed by atoms with Gasteiger partial charge in [0.25, 0.3) is 0 Å². The Bertz CT molecular complexity index is 393. The van der Waals surface area contributed by atoms with Crippen LogP contribution in [0.25, 0.3) is 0 Å². The lowest BCUT2D eigenvalue weighted by atomic mass is 10.0. The monoisotopic (exact) mass is 185 g/mol. The van der Waals surface area contributed by atoms with Crippen LogP contribution in [-0.2, 0) is 5.54 Å². The van der Waals surface area contributed by atoms with Crippen LogP contribution in [0.5, 0.6) is 0 Å². The molecule has 72 valence electrons. The maximum atomic E-state index is 4.86. The Hall–Kier alpha value is -1.11. The fourth-order valence-electron chi connectivity index (χ4n) is 3.07. The largest absolute Gasteiger partial charge is 0.282 e. The van der Waals surface area contributed by atoms with Gasteiger partial charge in [-0.2, -0.15) is 0 Å². The van der Waals surface area contributed by atoms with Crippen LogP contribution in [-0.4, -0.2) is 5.71 Å². The molecular formula is C13H15N. The van der Waals surface area contributed by atoms with Crippen molar-refractivity contribution in [3.05, 3.63) is 35.9 Å². The maximum Gasteiger partial charge on any atom is 0.0920 e. The Labute approximate surface area is 84.9 Å². The molecule has 1 aliphatic carbocycles. The van der Waals surface area contributed by atoms with E-state index in [2.05, 4.69) is 44.2 Å². The van der Waals surface area contributed by atoms with Crippen LogP contribution >= 0.6 is 0 Å². The molecule has 1 aromatic rings. The standard InChI is InChI=1S/C13H15N/c1-9-8-12-10(2)13(12,14-9)11-6-4-3-5-7-11/h3-7,10,12H,8H2,1-2H3. The topological polar surface area (TPSA) is 12.4 Å². The van der Waals surface area contributed by atoms with Crippen molar-refractivity contribution in [1.82, 2.24) is 0 Å². The predicted octanol–water partition coefficient (Wildman–Crippen LogP) is 3.01. The number of aliphatic imine (C=N–C) groups is 1. The zero-order valence-electron chi connectivity index (χ0n) is 8.70. The Balaban J connectivity index is 2.07. The Morgan fingerprint density at radius 1 is 1.29 bits per heavy atom. The summed E-state index contributed by atoms with van der Waals surface area (Å²) in [7, 11) is 0. The number of hydrogen-bond acceptors (Lipinski definition) is 1. The van der Waals surface area contributed by atoms with Crippen LogP contribution in [0.15, 0.2) is 35.3 Å². The number of rotatable bonds is 1. The van der Waals surface area contributed by atoms with Crippen LogP contribution in [0.1, 0.15) is 25.8 Å². The van der Waals surface area contributed by atoms with Gasteiger partial charge in [-0.1, -0.05) is 37.3 Å². The second kappa shape index (κ2) is 2.47. The van der Waals surface area contributed by atoms with Gasteiger partial charge in [0.2, 0.25) is 0 Å². The third-order valence-electron chi connectivity index (χ3n) is 3.88. The Kier molecular flexibility index (Phi) is 1.45. The molecule has 0 bridgehead atoms. The highest BCUT2D eigenvalue weighted by molar-refractivity contribution is 5.86. The highest BCUT2D eigenvalue weighted by Gasteiger charge is 2.65. The van der Waals surface area contributed by atoms with Gasteiger partial charge in [-0.05, 0) is 30.7 Å². The van der Waals surface area contributed by atoms with E-state index in [4.69, 9.17) is 4.99 Å².